The Bertz CT molecular complexity index is 524. The first-order chi connectivity index (χ1) is 9.35. The quantitative estimate of drug-likeness (QED) is 0.709. The molecule has 2 rings (SSSR count). The fourth-order valence-corrected chi connectivity index (χ4v) is 1.56. The monoisotopic (exact) mass is 254 g/mol. The Balaban J connectivity index is 2.30. The van der Waals surface area contributed by atoms with E-state index in [2.05, 4.69) is 13.2 Å². The van der Waals surface area contributed by atoms with Crippen molar-refractivity contribution in [3.05, 3.63) is 74.2 Å². The van der Waals surface area contributed by atoms with Crippen LogP contribution in [0.25, 0.3) is 0 Å². The van der Waals surface area contributed by atoms with Gasteiger partial charge in [0.2, 0.25) is 0 Å². The molecule has 0 aliphatic rings. The largest absolute Gasteiger partial charge is 0.462 e. The van der Waals surface area contributed by atoms with E-state index in [-0.39, 0.29) is 0 Å². The fraction of sp³-hybridized carbons (Fsp3) is 0. The highest BCUT2D eigenvalue weighted by Gasteiger charge is 2.08. The summed E-state index contributed by atoms with van der Waals surface area (Å²) in [6.07, 6.45) is 2.71. The van der Waals surface area contributed by atoms with Gasteiger partial charge in [0.15, 0.2) is 23.0 Å². The molecule has 0 aromatic heterocycles. The lowest BCUT2D eigenvalue weighted by Crippen LogP contribution is -1.91. The van der Waals surface area contributed by atoms with Gasteiger partial charge in [-0.3, -0.25) is 0 Å². The number of hydrogen-bond donors (Lipinski definition) is 0. The van der Waals surface area contributed by atoms with Crippen molar-refractivity contribution < 1.29 is 14.2 Å². The number of para-hydroxylation sites is 4. The zero-order valence-electron chi connectivity index (χ0n) is 10.4. The SMILES string of the molecule is C=COc1ccccc1Oc1ccccc1OC=C. The van der Waals surface area contributed by atoms with Gasteiger partial charge in [-0.1, -0.05) is 37.4 Å². The molecule has 0 N–H and O–H groups in total. The normalized spacial score (nSPS) is 9.47. The molecule has 0 amide bonds. The van der Waals surface area contributed by atoms with Crippen LogP contribution in [0.3, 0.4) is 0 Å². The van der Waals surface area contributed by atoms with Gasteiger partial charge in [0, 0.05) is 0 Å². The summed E-state index contributed by atoms with van der Waals surface area (Å²) in [5.41, 5.74) is 0. The molecule has 3 heteroatoms. The first-order valence-electron chi connectivity index (χ1n) is 5.76. The number of hydrogen-bond acceptors (Lipinski definition) is 3. The average molecular weight is 254 g/mol. The summed E-state index contributed by atoms with van der Waals surface area (Å²) in [6.45, 7) is 7.07. The van der Waals surface area contributed by atoms with Crippen LogP contribution in [0.15, 0.2) is 74.2 Å². The van der Waals surface area contributed by atoms with Crippen molar-refractivity contribution in [2.45, 2.75) is 0 Å². The second-order valence-electron chi connectivity index (χ2n) is 3.56. The van der Waals surface area contributed by atoms with E-state index in [0.717, 1.165) is 0 Å². The predicted octanol–water partition coefficient (Wildman–Crippen LogP) is 4.52. The summed E-state index contributed by atoms with van der Waals surface area (Å²) in [7, 11) is 0. The van der Waals surface area contributed by atoms with Gasteiger partial charge in [-0.2, -0.15) is 0 Å². The summed E-state index contributed by atoms with van der Waals surface area (Å²) in [6, 6.07) is 14.7. The van der Waals surface area contributed by atoms with Gasteiger partial charge in [-0.25, -0.2) is 0 Å². The summed E-state index contributed by atoms with van der Waals surface area (Å²) in [5.74, 6) is 2.35. The zero-order valence-corrected chi connectivity index (χ0v) is 10.4. The third-order valence-corrected chi connectivity index (χ3v) is 2.34. The van der Waals surface area contributed by atoms with Gasteiger partial charge >= 0.3 is 0 Å². The van der Waals surface area contributed by atoms with Gasteiger partial charge in [0.1, 0.15) is 0 Å². The third kappa shape index (κ3) is 3.16. The standard InChI is InChI=1S/C16H14O3/c1-3-17-13-9-5-7-11-15(13)19-16-12-8-6-10-14(16)18-4-2/h3-12H,1-2H2. The van der Waals surface area contributed by atoms with E-state index in [0.29, 0.717) is 23.0 Å². The van der Waals surface area contributed by atoms with Crippen LogP contribution in [-0.2, 0) is 0 Å². The molecule has 0 bridgehead atoms. The van der Waals surface area contributed by atoms with Crippen LogP contribution >= 0.6 is 0 Å². The minimum Gasteiger partial charge on any atom is -0.462 e. The highest BCUT2D eigenvalue weighted by Crippen LogP contribution is 2.36. The molecule has 0 fully saturated rings. The van der Waals surface area contributed by atoms with E-state index >= 15 is 0 Å². The van der Waals surface area contributed by atoms with Crippen LogP contribution in [0, 0.1) is 0 Å². The maximum Gasteiger partial charge on any atom is 0.170 e. The average Bonchev–Trinajstić information content (AvgIpc) is 2.44. The van der Waals surface area contributed by atoms with Gasteiger partial charge in [-0.05, 0) is 24.3 Å². The summed E-state index contributed by atoms with van der Waals surface area (Å²) in [5, 5.41) is 0. The van der Waals surface area contributed by atoms with Crippen molar-refractivity contribution in [3.8, 4) is 23.0 Å². The van der Waals surface area contributed by atoms with Crippen molar-refractivity contribution >= 4 is 0 Å². The molecular formula is C16H14O3. The van der Waals surface area contributed by atoms with Crippen molar-refractivity contribution in [2.75, 3.05) is 0 Å². The summed E-state index contributed by atoms with van der Waals surface area (Å²) < 4.78 is 16.4. The lowest BCUT2D eigenvalue weighted by molar-refractivity contribution is 0.394. The van der Waals surface area contributed by atoms with E-state index in [1.807, 2.05) is 36.4 Å². The third-order valence-electron chi connectivity index (χ3n) is 2.34. The van der Waals surface area contributed by atoms with Crippen LogP contribution in [0.4, 0.5) is 0 Å². The molecule has 0 radical (unpaired) electrons. The molecule has 0 spiro atoms. The highest BCUT2D eigenvalue weighted by atomic mass is 16.5. The van der Waals surface area contributed by atoms with Crippen molar-refractivity contribution in [1.82, 2.24) is 0 Å². The predicted molar refractivity (Wildman–Crippen MR) is 74.6 cm³/mol. The molecule has 0 aliphatic heterocycles. The van der Waals surface area contributed by atoms with Gasteiger partial charge in [0.25, 0.3) is 0 Å². The Morgan fingerprint density at radius 1 is 0.632 bits per heavy atom. The van der Waals surface area contributed by atoms with E-state index in [1.165, 1.54) is 12.5 Å². The lowest BCUT2D eigenvalue weighted by Gasteiger charge is -2.12. The van der Waals surface area contributed by atoms with Gasteiger partial charge in [-0.15, -0.1) is 0 Å². The molecule has 0 saturated carbocycles. The molecule has 0 atom stereocenters. The van der Waals surface area contributed by atoms with Gasteiger partial charge < -0.3 is 14.2 Å². The van der Waals surface area contributed by atoms with Crippen LogP contribution in [0.1, 0.15) is 0 Å². The molecule has 19 heavy (non-hydrogen) atoms. The summed E-state index contributed by atoms with van der Waals surface area (Å²) in [4.78, 5) is 0. The molecule has 3 nitrogen and oxygen atoms in total. The van der Waals surface area contributed by atoms with E-state index in [9.17, 15) is 0 Å². The molecule has 2 aromatic carbocycles. The van der Waals surface area contributed by atoms with Crippen LogP contribution in [-0.4, -0.2) is 0 Å². The molecule has 0 aliphatic carbocycles. The summed E-state index contributed by atoms with van der Waals surface area (Å²) >= 11 is 0. The smallest absolute Gasteiger partial charge is 0.170 e. The minimum atomic E-state index is 0.586. The maximum atomic E-state index is 5.80. The molecule has 0 saturated heterocycles. The van der Waals surface area contributed by atoms with E-state index in [4.69, 9.17) is 14.2 Å². The Morgan fingerprint density at radius 3 is 1.37 bits per heavy atom. The van der Waals surface area contributed by atoms with Crippen molar-refractivity contribution in [1.29, 1.82) is 0 Å². The Morgan fingerprint density at radius 2 is 1.00 bits per heavy atom. The number of ether oxygens (including phenoxy) is 3. The number of benzene rings is 2. The number of rotatable bonds is 6. The first-order valence-corrected chi connectivity index (χ1v) is 5.76. The Labute approximate surface area is 112 Å². The second-order valence-corrected chi connectivity index (χ2v) is 3.56. The van der Waals surface area contributed by atoms with Crippen LogP contribution < -0.4 is 14.2 Å². The molecule has 0 unspecified atom stereocenters. The van der Waals surface area contributed by atoms with E-state index in [1.54, 1.807) is 12.1 Å². The van der Waals surface area contributed by atoms with E-state index < -0.39 is 0 Å². The van der Waals surface area contributed by atoms with Crippen molar-refractivity contribution in [3.63, 3.8) is 0 Å². The topological polar surface area (TPSA) is 27.7 Å². The Hall–Kier alpha value is -2.68. The molecule has 0 heterocycles. The van der Waals surface area contributed by atoms with Crippen molar-refractivity contribution in [2.24, 2.45) is 0 Å². The molecular weight excluding hydrogens is 240 g/mol. The first kappa shape index (κ1) is 12.8. The minimum absolute atomic E-state index is 0.586. The second kappa shape index (κ2) is 6.31. The van der Waals surface area contributed by atoms with Crippen LogP contribution in [0.2, 0.25) is 0 Å². The highest BCUT2D eigenvalue weighted by molar-refractivity contribution is 5.47. The fourth-order valence-electron chi connectivity index (χ4n) is 1.56. The maximum absolute atomic E-state index is 5.80. The molecule has 96 valence electrons. The Kier molecular flexibility index (Phi) is 4.24. The zero-order chi connectivity index (χ0) is 13.5. The lowest BCUT2D eigenvalue weighted by atomic mass is 10.3. The van der Waals surface area contributed by atoms with Crippen LogP contribution in [0.5, 0.6) is 23.0 Å². The van der Waals surface area contributed by atoms with Gasteiger partial charge in [0.05, 0.1) is 12.5 Å². The molecule has 2 aromatic rings.